The summed E-state index contributed by atoms with van der Waals surface area (Å²) in [5.41, 5.74) is -18.5. The summed E-state index contributed by atoms with van der Waals surface area (Å²) in [5.74, 6) is -45.6. The smallest absolute Gasteiger partial charge is 0.289 e. The van der Waals surface area contributed by atoms with E-state index in [0.29, 0.717) is 0 Å². The van der Waals surface area contributed by atoms with E-state index in [-0.39, 0.29) is 0 Å². The fraction of sp³-hybridized carbons (Fsp3) is 0.167. The third-order valence-corrected chi connectivity index (χ3v) is 5.12. The van der Waals surface area contributed by atoms with Gasteiger partial charge in [0.05, 0.1) is 33.4 Å². The number of allylic oxidation sites excluding steroid dienone is 2. The Hall–Kier alpha value is -3.13. The minimum absolute atomic E-state index is 2.64. The number of hydrogen-bond acceptors (Lipinski definition) is 1. The Kier molecular flexibility index (Phi) is 4.37. The number of alkyl halides is 6. The lowest BCUT2D eigenvalue weighted by Gasteiger charge is -2.41. The monoisotopic (exact) mass is 498 g/mol. The highest BCUT2D eigenvalue weighted by molar-refractivity contribution is 6.14. The second kappa shape index (κ2) is 6.26. The minimum Gasteiger partial charge on any atom is -0.289 e. The first-order valence-corrected chi connectivity index (χ1v) is 8.10. The van der Waals surface area contributed by atoms with Crippen LogP contribution in [0.1, 0.15) is 27.0 Å². The van der Waals surface area contributed by atoms with Gasteiger partial charge < -0.3 is 0 Å². The van der Waals surface area contributed by atoms with E-state index in [1.807, 2.05) is 0 Å². The zero-order valence-electron chi connectivity index (χ0n) is 14.7. The first kappa shape index (κ1) is 23.0. The number of hydrogen-bond donors (Lipinski definition) is 0. The summed E-state index contributed by atoms with van der Waals surface area (Å²) in [6, 6.07) is 0. The summed E-state index contributed by atoms with van der Waals surface area (Å²) in [6.07, 6.45) is 0. The molecule has 33 heavy (non-hydrogen) atoms. The third-order valence-electron chi connectivity index (χ3n) is 5.12. The Morgan fingerprint density at radius 3 is 1.21 bits per heavy atom. The summed E-state index contributed by atoms with van der Waals surface area (Å²) >= 11 is 0. The second-order valence-electron chi connectivity index (χ2n) is 6.81. The summed E-state index contributed by atoms with van der Waals surface area (Å²) in [4.78, 5) is 12.4. The molecule has 0 saturated carbocycles. The van der Waals surface area contributed by atoms with Crippen molar-refractivity contribution in [1.82, 2.24) is 0 Å². The van der Waals surface area contributed by atoms with Crippen LogP contribution in [-0.2, 0) is 17.8 Å². The van der Waals surface area contributed by atoms with E-state index < -0.39 is 103 Å². The van der Waals surface area contributed by atoms with Crippen molar-refractivity contribution in [3.05, 3.63) is 79.9 Å². The van der Waals surface area contributed by atoms with Gasteiger partial charge in [-0.3, -0.25) is 4.79 Å². The molecule has 2 aliphatic rings. The van der Waals surface area contributed by atoms with Crippen LogP contribution in [0.4, 0.5) is 61.5 Å². The SMILES string of the molecule is O=C1C2=C(C(F)(F)c3c(F)c(F)c(F)c(F)c31)C(F)(F)c1c(F)c(F)c(F)c(F)c1C2(F)F. The van der Waals surface area contributed by atoms with Gasteiger partial charge in [0, 0.05) is 0 Å². The molecule has 2 aliphatic carbocycles. The number of halogens is 14. The second-order valence-corrected chi connectivity index (χ2v) is 6.81. The standard InChI is InChI=1S/C18F14O/c19-6-1-2(7(20)11(24)10(6)23)17(29,30)15-5(14(1)33)16(27,28)3-4(18(15,31)32)9(22)13(26)12(25)8(3)21. The molecule has 1 nitrogen and oxygen atoms in total. The highest BCUT2D eigenvalue weighted by atomic mass is 19.3. The molecule has 0 amide bonds. The molecule has 0 spiro atoms. The molecular formula is C18F14O. The number of rotatable bonds is 0. The van der Waals surface area contributed by atoms with E-state index in [4.69, 9.17) is 0 Å². The Labute approximate surface area is 170 Å². The van der Waals surface area contributed by atoms with Crippen molar-refractivity contribution in [2.45, 2.75) is 17.8 Å². The Morgan fingerprint density at radius 2 is 0.758 bits per heavy atom. The number of Topliss-reactive ketones (excluding diaryl/α,β-unsaturated/α-hetero) is 1. The van der Waals surface area contributed by atoms with Gasteiger partial charge in [-0.05, 0) is 0 Å². The molecule has 0 saturated heterocycles. The van der Waals surface area contributed by atoms with E-state index >= 15 is 0 Å². The van der Waals surface area contributed by atoms with E-state index in [2.05, 4.69) is 0 Å². The van der Waals surface area contributed by atoms with Gasteiger partial charge in [-0.1, -0.05) is 0 Å². The lowest BCUT2D eigenvalue weighted by atomic mass is 9.69. The predicted octanol–water partition coefficient (Wildman–Crippen LogP) is 6.28. The van der Waals surface area contributed by atoms with Crippen LogP contribution in [-0.4, -0.2) is 5.78 Å². The van der Waals surface area contributed by atoms with Crippen molar-refractivity contribution in [3.63, 3.8) is 0 Å². The zero-order valence-corrected chi connectivity index (χ0v) is 14.7. The van der Waals surface area contributed by atoms with Crippen LogP contribution in [0.5, 0.6) is 0 Å². The molecule has 0 radical (unpaired) electrons. The lowest BCUT2D eigenvalue weighted by molar-refractivity contribution is -0.0818. The van der Waals surface area contributed by atoms with E-state index in [1.165, 1.54) is 0 Å². The van der Waals surface area contributed by atoms with Crippen LogP contribution in [0.15, 0.2) is 11.1 Å². The minimum atomic E-state index is -5.99. The van der Waals surface area contributed by atoms with Gasteiger partial charge in [0.2, 0.25) is 0 Å². The molecule has 176 valence electrons. The lowest BCUT2D eigenvalue weighted by Crippen LogP contribution is -2.48. The zero-order chi connectivity index (χ0) is 25.2. The number of carbonyl (C=O) groups excluding carboxylic acids is 1. The fourth-order valence-corrected chi connectivity index (χ4v) is 3.79. The molecule has 0 fully saturated rings. The summed E-state index contributed by atoms with van der Waals surface area (Å²) < 4.78 is 200. The van der Waals surface area contributed by atoms with E-state index in [0.717, 1.165) is 0 Å². The largest absolute Gasteiger partial charge is 0.306 e. The average molecular weight is 498 g/mol. The van der Waals surface area contributed by atoms with Crippen LogP contribution in [0.2, 0.25) is 0 Å². The number of ketones is 1. The molecule has 15 heteroatoms. The van der Waals surface area contributed by atoms with Crippen molar-refractivity contribution in [2.24, 2.45) is 0 Å². The van der Waals surface area contributed by atoms with Gasteiger partial charge in [-0.2, -0.15) is 26.3 Å². The predicted molar refractivity (Wildman–Crippen MR) is 75.6 cm³/mol. The average Bonchev–Trinajstić information content (AvgIpc) is 2.70. The molecule has 0 aromatic heterocycles. The van der Waals surface area contributed by atoms with Gasteiger partial charge >= 0.3 is 17.8 Å². The van der Waals surface area contributed by atoms with Crippen LogP contribution in [0, 0.1) is 46.5 Å². The first-order chi connectivity index (χ1) is 14.9. The van der Waals surface area contributed by atoms with Crippen molar-refractivity contribution in [3.8, 4) is 0 Å². The third kappa shape index (κ3) is 2.42. The molecule has 0 heterocycles. The topological polar surface area (TPSA) is 17.1 Å². The normalized spacial score (nSPS) is 19.9. The number of fused-ring (bicyclic) bond motifs is 2. The highest BCUT2D eigenvalue weighted by Gasteiger charge is 2.70. The van der Waals surface area contributed by atoms with Crippen LogP contribution in [0.3, 0.4) is 0 Å². The Balaban J connectivity index is 2.26. The van der Waals surface area contributed by atoms with Gasteiger partial charge in [0.15, 0.2) is 52.3 Å². The Morgan fingerprint density at radius 1 is 0.424 bits per heavy atom. The van der Waals surface area contributed by atoms with E-state index in [1.54, 1.807) is 0 Å². The quantitative estimate of drug-likeness (QED) is 0.238. The van der Waals surface area contributed by atoms with Crippen LogP contribution < -0.4 is 0 Å². The van der Waals surface area contributed by atoms with Crippen LogP contribution >= 0.6 is 0 Å². The summed E-state index contributed by atoms with van der Waals surface area (Å²) in [5, 5.41) is 0. The van der Waals surface area contributed by atoms with Crippen molar-refractivity contribution in [2.75, 3.05) is 0 Å². The Bertz CT molecular complexity index is 1330. The maximum atomic E-state index is 14.9. The number of benzene rings is 2. The molecule has 0 unspecified atom stereocenters. The van der Waals surface area contributed by atoms with E-state index in [9.17, 15) is 66.3 Å². The molecule has 2 aromatic rings. The molecule has 2 aromatic carbocycles. The molecule has 0 N–H and O–H groups in total. The van der Waals surface area contributed by atoms with Crippen molar-refractivity contribution in [1.29, 1.82) is 0 Å². The van der Waals surface area contributed by atoms with Crippen molar-refractivity contribution >= 4 is 5.78 Å². The first-order valence-electron chi connectivity index (χ1n) is 8.10. The maximum absolute atomic E-state index is 14.9. The molecule has 0 bridgehead atoms. The molecular weight excluding hydrogens is 498 g/mol. The molecule has 0 atom stereocenters. The maximum Gasteiger partial charge on any atom is 0.306 e. The molecule has 4 rings (SSSR count). The fourth-order valence-electron chi connectivity index (χ4n) is 3.79. The van der Waals surface area contributed by atoms with Crippen LogP contribution in [0.25, 0.3) is 0 Å². The summed E-state index contributed by atoms with van der Waals surface area (Å²) in [7, 11) is 0. The number of carbonyl (C=O) groups is 1. The van der Waals surface area contributed by atoms with Gasteiger partial charge in [-0.15, -0.1) is 0 Å². The van der Waals surface area contributed by atoms with Crippen molar-refractivity contribution < 1.29 is 66.3 Å². The molecule has 0 aliphatic heterocycles. The van der Waals surface area contributed by atoms with Gasteiger partial charge in [0.1, 0.15) is 0 Å². The highest BCUT2D eigenvalue weighted by Crippen LogP contribution is 2.63. The van der Waals surface area contributed by atoms with Gasteiger partial charge in [-0.25, -0.2) is 35.1 Å². The summed E-state index contributed by atoms with van der Waals surface area (Å²) in [6.45, 7) is 0. The van der Waals surface area contributed by atoms with Gasteiger partial charge in [0.25, 0.3) is 0 Å².